The monoisotopic (exact) mass is 273 g/mol. The lowest BCUT2D eigenvalue weighted by Gasteiger charge is -2.10. The number of hydrogen-bond acceptors (Lipinski definition) is 4. The maximum atomic E-state index is 11.7. The van der Waals surface area contributed by atoms with Gasteiger partial charge in [0, 0.05) is 13.7 Å². The Balaban J connectivity index is 2.37. The van der Waals surface area contributed by atoms with Crippen LogP contribution in [0, 0.1) is 0 Å². The first-order valence-electron chi connectivity index (χ1n) is 5.72. The van der Waals surface area contributed by atoms with Gasteiger partial charge in [-0.15, -0.1) is 0 Å². The Morgan fingerprint density at radius 3 is 2.61 bits per heavy atom. The lowest BCUT2D eigenvalue weighted by atomic mass is 10.2. The van der Waals surface area contributed by atoms with Crippen LogP contribution in [0.3, 0.4) is 0 Å². The quantitative estimate of drug-likeness (QED) is 0.723. The van der Waals surface area contributed by atoms with E-state index in [0.29, 0.717) is 6.42 Å². The van der Waals surface area contributed by atoms with Crippen molar-refractivity contribution in [2.75, 3.05) is 20.3 Å². The van der Waals surface area contributed by atoms with Crippen molar-refractivity contribution in [2.45, 2.75) is 18.3 Å². The molecule has 102 valence electrons. The van der Waals surface area contributed by atoms with E-state index < -0.39 is 16.1 Å². The van der Waals surface area contributed by atoms with Crippen molar-refractivity contribution in [3.05, 3.63) is 35.9 Å². The molecule has 0 spiro atoms. The third-order valence-electron chi connectivity index (χ3n) is 2.36. The molecule has 1 atom stereocenters. The predicted octanol–water partition coefficient (Wildman–Crippen LogP) is 0.503. The van der Waals surface area contributed by atoms with E-state index in [1.165, 1.54) is 7.11 Å². The Hall–Kier alpha value is -0.950. The van der Waals surface area contributed by atoms with E-state index in [-0.39, 0.29) is 18.9 Å². The van der Waals surface area contributed by atoms with Gasteiger partial charge in [-0.25, -0.2) is 13.1 Å². The van der Waals surface area contributed by atoms with Crippen molar-refractivity contribution < 1.29 is 18.3 Å². The Kier molecular flexibility index (Phi) is 6.28. The topological polar surface area (TPSA) is 75.6 Å². The number of aliphatic hydroxyl groups excluding tert-OH is 1. The zero-order valence-electron chi connectivity index (χ0n) is 10.4. The molecule has 0 heterocycles. The summed E-state index contributed by atoms with van der Waals surface area (Å²) in [6.07, 6.45) is -0.309. The second-order valence-corrected chi connectivity index (χ2v) is 5.84. The van der Waals surface area contributed by atoms with E-state index >= 15 is 0 Å². The zero-order valence-corrected chi connectivity index (χ0v) is 11.2. The summed E-state index contributed by atoms with van der Waals surface area (Å²) in [5.41, 5.74) is 0.738. The Bertz CT molecular complexity index is 433. The third-order valence-corrected chi connectivity index (χ3v) is 3.72. The van der Waals surface area contributed by atoms with Gasteiger partial charge < -0.3 is 9.84 Å². The lowest BCUT2D eigenvalue weighted by Crippen LogP contribution is -2.29. The van der Waals surface area contributed by atoms with Crippen molar-refractivity contribution in [1.29, 1.82) is 0 Å². The molecule has 1 aromatic carbocycles. The van der Waals surface area contributed by atoms with Gasteiger partial charge in [-0.2, -0.15) is 0 Å². The molecule has 0 aliphatic heterocycles. The van der Waals surface area contributed by atoms with E-state index in [0.717, 1.165) is 5.56 Å². The van der Waals surface area contributed by atoms with E-state index in [4.69, 9.17) is 4.74 Å². The highest BCUT2D eigenvalue weighted by molar-refractivity contribution is 7.88. The second kappa shape index (κ2) is 7.48. The molecule has 6 heteroatoms. The Morgan fingerprint density at radius 1 is 1.33 bits per heavy atom. The van der Waals surface area contributed by atoms with Gasteiger partial charge in [0.05, 0.1) is 18.5 Å². The first-order chi connectivity index (χ1) is 8.53. The van der Waals surface area contributed by atoms with Gasteiger partial charge in [0.1, 0.15) is 0 Å². The van der Waals surface area contributed by atoms with Crippen molar-refractivity contribution in [1.82, 2.24) is 4.72 Å². The van der Waals surface area contributed by atoms with Gasteiger partial charge >= 0.3 is 0 Å². The van der Waals surface area contributed by atoms with Crippen LogP contribution in [0.5, 0.6) is 0 Å². The molecule has 0 saturated carbocycles. The standard InChI is InChI=1S/C12H19NO4S/c1-17-9-12(14)7-8-13-18(15,16)10-11-5-3-2-4-6-11/h2-6,12-14H,7-10H2,1H3. The predicted molar refractivity (Wildman–Crippen MR) is 69.6 cm³/mol. The first-order valence-corrected chi connectivity index (χ1v) is 7.37. The van der Waals surface area contributed by atoms with Crippen molar-refractivity contribution in [2.24, 2.45) is 0 Å². The highest BCUT2D eigenvalue weighted by Gasteiger charge is 2.12. The van der Waals surface area contributed by atoms with E-state index in [2.05, 4.69) is 4.72 Å². The van der Waals surface area contributed by atoms with Gasteiger partial charge in [0.25, 0.3) is 0 Å². The molecule has 1 rings (SSSR count). The summed E-state index contributed by atoms with van der Waals surface area (Å²) in [4.78, 5) is 0. The van der Waals surface area contributed by atoms with Gasteiger partial charge in [0.2, 0.25) is 10.0 Å². The van der Waals surface area contributed by atoms with E-state index in [1.54, 1.807) is 24.3 Å². The highest BCUT2D eigenvalue weighted by atomic mass is 32.2. The number of hydrogen-bond donors (Lipinski definition) is 2. The molecule has 0 radical (unpaired) electrons. The molecule has 0 aromatic heterocycles. The fourth-order valence-corrected chi connectivity index (χ4v) is 2.66. The molecule has 1 unspecified atom stereocenters. The maximum Gasteiger partial charge on any atom is 0.215 e. The second-order valence-electron chi connectivity index (χ2n) is 4.04. The van der Waals surface area contributed by atoms with Crippen LogP contribution in [0.2, 0.25) is 0 Å². The van der Waals surface area contributed by atoms with Gasteiger partial charge in [-0.3, -0.25) is 0 Å². The van der Waals surface area contributed by atoms with Crippen molar-refractivity contribution >= 4 is 10.0 Å². The van der Waals surface area contributed by atoms with Gasteiger partial charge in [-0.1, -0.05) is 30.3 Å². The summed E-state index contributed by atoms with van der Waals surface area (Å²) in [6.45, 7) is 0.417. The first kappa shape index (κ1) is 15.1. The van der Waals surface area contributed by atoms with Crippen LogP contribution in [0.1, 0.15) is 12.0 Å². The van der Waals surface area contributed by atoms with Gasteiger partial charge in [0.15, 0.2) is 0 Å². The zero-order chi connectivity index (χ0) is 13.4. The Morgan fingerprint density at radius 2 is 2.00 bits per heavy atom. The van der Waals surface area contributed by atoms with Crippen LogP contribution in [-0.4, -0.2) is 39.9 Å². The summed E-state index contributed by atoms with van der Waals surface area (Å²) >= 11 is 0. The number of rotatable bonds is 8. The van der Waals surface area contributed by atoms with Crippen LogP contribution in [0.25, 0.3) is 0 Å². The minimum absolute atomic E-state index is 0.0474. The average Bonchev–Trinajstić information content (AvgIpc) is 2.29. The van der Waals surface area contributed by atoms with Crippen LogP contribution in [-0.2, 0) is 20.5 Å². The highest BCUT2D eigenvalue weighted by Crippen LogP contribution is 2.04. The molecule has 0 fully saturated rings. The minimum Gasteiger partial charge on any atom is -0.391 e. The maximum absolute atomic E-state index is 11.7. The summed E-state index contributed by atoms with van der Waals surface area (Å²) in [7, 11) is -1.86. The van der Waals surface area contributed by atoms with Crippen molar-refractivity contribution in [3.8, 4) is 0 Å². The van der Waals surface area contributed by atoms with E-state index in [9.17, 15) is 13.5 Å². The number of nitrogens with one attached hydrogen (secondary N) is 1. The van der Waals surface area contributed by atoms with Crippen LogP contribution < -0.4 is 4.72 Å². The van der Waals surface area contributed by atoms with E-state index in [1.807, 2.05) is 6.07 Å². The number of ether oxygens (including phenoxy) is 1. The number of benzene rings is 1. The molecule has 0 saturated heterocycles. The molecular formula is C12H19NO4S. The molecular weight excluding hydrogens is 254 g/mol. The summed E-state index contributed by atoms with van der Waals surface area (Å²) in [5.74, 6) is -0.0474. The molecule has 1 aromatic rings. The SMILES string of the molecule is COCC(O)CCNS(=O)(=O)Cc1ccccc1. The Labute approximate surface area is 108 Å². The fourth-order valence-electron chi connectivity index (χ4n) is 1.50. The summed E-state index contributed by atoms with van der Waals surface area (Å²) in [5, 5.41) is 9.38. The number of methoxy groups -OCH3 is 1. The third kappa shape index (κ3) is 6.11. The van der Waals surface area contributed by atoms with Crippen molar-refractivity contribution in [3.63, 3.8) is 0 Å². The lowest BCUT2D eigenvalue weighted by molar-refractivity contribution is 0.0603. The largest absolute Gasteiger partial charge is 0.391 e. The fraction of sp³-hybridized carbons (Fsp3) is 0.500. The van der Waals surface area contributed by atoms with Crippen LogP contribution in [0.4, 0.5) is 0 Å². The molecule has 5 nitrogen and oxygen atoms in total. The summed E-state index contributed by atoms with van der Waals surface area (Å²) < 4.78 is 30.6. The molecule has 0 aliphatic rings. The van der Waals surface area contributed by atoms with Crippen LogP contribution >= 0.6 is 0 Å². The molecule has 0 amide bonds. The average molecular weight is 273 g/mol. The number of aliphatic hydroxyl groups is 1. The summed E-state index contributed by atoms with van der Waals surface area (Å²) in [6, 6.07) is 8.96. The van der Waals surface area contributed by atoms with Gasteiger partial charge in [-0.05, 0) is 12.0 Å². The smallest absolute Gasteiger partial charge is 0.215 e. The molecule has 18 heavy (non-hydrogen) atoms. The normalized spacial score (nSPS) is 13.4. The van der Waals surface area contributed by atoms with Crippen LogP contribution in [0.15, 0.2) is 30.3 Å². The minimum atomic E-state index is -3.35. The molecule has 0 aliphatic carbocycles. The molecule has 0 bridgehead atoms. The number of sulfonamides is 1. The molecule has 2 N–H and O–H groups in total.